The van der Waals surface area contributed by atoms with Gasteiger partial charge in [-0.05, 0) is 68.4 Å². The van der Waals surface area contributed by atoms with Gasteiger partial charge >= 0.3 is 5.76 Å². The summed E-state index contributed by atoms with van der Waals surface area (Å²) in [5.41, 5.74) is 10.4. The Balaban J connectivity index is 1.55. The molecule has 0 aliphatic carbocycles. The summed E-state index contributed by atoms with van der Waals surface area (Å²) in [5, 5.41) is 6.48. The second-order valence-electron chi connectivity index (χ2n) is 8.21. The number of H-pyrrole nitrogens is 1. The topological polar surface area (TPSA) is 142 Å². The highest BCUT2D eigenvalue weighted by Crippen LogP contribution is 2.24. The van der Waals surface area contributed by atoms with Gasteiger partial charge in [-0.25, -0.2) is 9.78 Å². The van der Waals surface area contributed by atoms with Crippen LogP contribution in [0.3, 0.4) is 0 Å². The van der Waals surface area contributed by atoms with E-state index in [1.54, 1.807) is 36.5 Å². The summed E-state index contributed by atoms with van der Waals surface area (Å²) < 4.78 is 5.05. The monoisotopic (exact) mass is 475 g/mol. The fraction of sp³-hybridized carbons (Fsp3) is 0.280. The first-order chi connectivity index (χ1) is 16.9. The van der Waals surface area contributed by atoms with Crippen molar-refractivity contribution in [1.29, 1.82) is 0 Å². The molecule has 0 radical (unpaired) electrons. The summed E-state index contributed by atoms with van der Waals surface area (Å²) in [6.07, 6.45) is 2.42. The number of aromatic nitrogens is 3. The maximum absolute atomic E-state index is 11.9. The molecule has 0 saturated heterocycles. The largest absolute Gasteiger partial charge is 0.417 e. The lowest BCUT2D eigenvalue weighted by atomic mass is 10.0. The van der Waals surface area contributed by atoms with E-state index >= 15 is 0 Å². The standard InChI is InChI=1S/C25H29N7O3/c1-4-32(5-2)11-10-16-12-17(6-8-19(16)22(26)33)29-24-27-14-15(3)23(31-24)28-18-7-9-21-20(13-18)30-25(34)35-21/h6-9,12-14H,4-5,10-11H2,1-3H3,(H2,26,33)(H,30,34)(H2,27,28,29,31). The van der Waals surface area contributed by atoms with Crippen LogP contribution in [-0.4, -0.2) is 45.4 Å². The van der Waals surface area contributed by atoms with Crippen molar-refractivity contribution in [3.05, 3.63) is 69.8 Å². The van der Waals surface area contributed by atoms with Gasteiger partial charge in [0, 0.05) is 35.2 Å². The Hall–Kier alpha value is -4.18. The van der Waals surface area contributed by atoms with Gasteiger partial charge in [0.05, 0.1) is 5.52 Å². The Morgan fingerprint density at radius 3 is 2.60 bits per heavy atom. The average molecular weight is 476 g/mol. The first-order valence-electron chi connectivity index (χ1n) is 11.5. The highest BCUT2D eigenvalue weighted by atomic mass is 16.4. The van der Waals surface area contributed by atoms with Crippen molar-refractivity contribution in [2.75, 3.05) is 30.3 Å². The number of likely N-dealkylation sites (N-methyl/N-ethyl adjacent to an activating group) is 1. The van der Waals surface area contributed by atoms with E-state index in [9.17, 15) is 9.59 Å². The fourth-order valence-electron chi connectivity index (χ4n) is 3.86. The number of amides is 1. The van der Waals surface area contributed by atoms with E-state index in [1.165, 1.54) is 0 Å². The summed E-state index contributed by atoms with van der Waals surface area (Å²) in [4.78, 5) is 37.3. The summed E-state index contributed by atoms with van der Waals surface area (Å²) in [7, 11) is 0. The second-order valence-corrected chi connectivity index (χ2v) is 8.21. The van der Waals surface area contributed by atoms with E-state index in [0.29, 0.717) is 34.9 Å². The Morgan fingerprint density at radius 2 is 1.86 bits per heavy atom. The number of oxazole rings is 1. The van der Waals surface area contributed by atoms with Gasteiger partial charge in [0.2, 0.25) is 11.9 Å². The average Bonchev–Trinajstić information content (AvgIpc) is 3.21. The summed E-state index contributed by atoms with van der Waals surface area (Å²) in [6, 6.07) is 10.7. The zero-order chi connectivity index (χ0) is 24.9. The van der Waals surface area contributed by atoms with Crippen molar-refractivity contribution in [2.45, 2.75) is 27.2 Å². The number of benzene rings is 2. The molecule has 2 aromatic carbocycles. The van der Waals surface area contributed by atoms with Gasteiger partial charge < -0.3 is 25.7 Å². The molecule has 5 N–H and O–H groups in total. The number of hydrogen-bond donors (Lipinski definition) is 4. The van der Waals surface area contributed by atoms with Gasteiger partial charge in [0.25, 0.3) is 0 Å². The highest BCUT2D eigenvalue weighted by Gasteiger charge is 2.12. The molecule has 0 atom stereocenters. The predicted molar refractivity (Wildman–Crippen MR) is 137 cm³/mol. The quantitative estimate of drug-likeness (QED) is 0.272. The lowest BCUT2D eigenvalue weighted by Gasteiger charge is -2.19. The van der Waals surface area contributed by atoms with Crippen LogP contribution in [-0.2, 0) is 6.42 Å². The third kappa shape index (κ3) is 5.67. The minimum Gasteiger partial charge on any atom is -0.408 e. The van der Waals surface area contributed by atoms with E-state index in [0.717, 1.165) is 42.1 Å². The number of aromatic amines is 1. The van der Waals surface area contributed by atoms with Gasteiger partial charge in [-0.15, -0.1) is 0 Å². The van der Waals surface area contributed by atoms with E-state index in [2.05, 4.69) is 44.3 Å². The third-order valence-electron chi connectivity index (χ3n) is 5.87. The van der Waals surface area contributed by atoms with Crippen molar-refractivity contribution in [3.8, 4) is 0 Å². The predicted octanol–water partition coefficient (Wildman–Crippen LogP) is 3.69. The van der Waals surface area contributed by atoms with Crippen molar-refractivity contribution in [3.63, 3.8) is 0 Å². The number of rotatable bonds is 10. The van der Waals surface area contributed by atoms with Crippen molar-refractivity contribution in [1.82, 2.24) is 19.9 Å². The minimum atomic E-state index is -0.499. The van der Waals surface area contributed by atoms with Crippen LogP contribution in [0.15, 0.2) is 51.8 Å². The van der Waals surface area contributed by atoms with E-state index in [-0.39, 0.29) is 0 Å². The number of nitrogens with two attached hydrogens (primary N) is 1. The Labute approximate surface area is 202 Å². The molecule has 4 rings (SSSR count). The molecule has 0 aliphatic heterocycles. The smallest absolute Gasteiger partial charge is 0.408 e. The van der Waals surface area contributed by atoms with Crippen LogP contribution in [0, 0.1) is 6.92 Å². The number of hydrogen-bond acceptors (Lipinski definition) is 8. The molecule has 10 heteroatoms. The highest BCUT2D eigenvalue weighted by molar-refractivity contribution is 5.95. The zero-order valence-corrected chi connectivity index (χ0v) is 20.0. The van der Waals surface area contributed by atoms with Gasteiger partial charge in [-0.2, -0.15) is 4.98 Å². The number of carbonyl (C=O) groups excluding carboxylic acids is 1. The summed E-state index contributed by atoms with van der Waals surface area (Å²) in [5.74, 6) is 0.0707. The van der Waals surface area contributed by atoms with Gasteiger partial charge in [0.15, 0.2) is 5.58 Å². The molecular weight excluding hydrogens is 446 g/mol. The summed E-state index contributed by atoms with van der Waals surface area (Å²) >= 11 is 0. The van der Waals surface area contributed by atoms with Crippen LogP contribution in [0.4, 0.5) is 23.1 Å². The Bertz CT molecular complexity index is 1410. The number of primary amides is 1. The molecule has 0 saturated carbocycles. The Morgan fingerprint density at radius 1 is 1.11 bits per heavy atom. The molecule has 35 heavy (non-hydrogen) atoms. The van der Waals surface area contributed by atoms with Crippen LogP contribution in [0.25, 0.3) is 11.1 Å². The number of carbonyl (C=O) groups is 1. The molecule has 0 fully saturated rings. The van der Waals surface area contributed by atoms with Crippen molar-refractivity contribution < 1.29 is 9.21 Å². The number of nitrogens with one attached hydrogen (secondary N) is 3. The molecule has 1 amide bonds. The van der Waals surface area contributed by atoms with Crippen LogP contribution in [0.2, 0.25) is 0 Å². The number of nitrogens with zero attached hydrogens (tertiary/aromatic N) is 3. The number of fused-ring (bicyclic) bond motifs is 1. The SMILES string of the molecule is CCN(CC)CCc1cc(Nc2ncc(C)c(Nc3ccc4oc(=O)[nH]c4c3)n2)ccc1C(N)=O. The molecule has 2 aromatic heterocycles. The first-order valence-corrected chi connectivity index (χ1v) is 11.5. The molecule has 0 bridgehead atoms. The minimum absolute atomic E-state index is 0.400. The zero-order valence-electron chi connectivity index (χ0n) is 20.0. The van der Waals surface area contributed by atoms with Gasteiger partial charge in [0.1, 0.15) is 5.82 Å². The van der Waals surface area contributed by atoms with Gasteiger partial charge in [-0.1, -0.05) is 13.8 Å². The molecule has 10 nitrogen and oxygen atoms in total. The van der Waals surface area contributed by atoms with E-state index < -0.39 is 11.7 Å². The van der Waals surface area contributed by atoms with Gasteiger partial charge in [-0.3, -0.25) is 9.78 Å². The third-order valence-corrected chi connectivity index (χ3v) is 5.87. The van der Waals surface area contributed by atoms with E-state index in [4.69, 9.17) is 10.2 Å². The maximum Gasteiger partial charge on any atom is 0.417 e. The maximum atomic E-state index is 11.9. The molecule has 2 heterocycles. The van der Waals surface area contributed by atoms with Crippen molar-refractivity contribution >= 4 is 40.1 Å². The molecular formula is C25H29N7O3. The lowest BCUT2D eigenvalue weighted by molar-refractivity contribution is 0.0999. The normalized spacial score (nSPS) is 11.2. The Kier molecular flexibility index (Phi) is 7.11. The molecule has 0 aliphatic rings. The van der Waals surface area contributed by atoms with Crippen LogP contribution in [0.5, 0.6) is 0 Å². The van der Waals surface area contributed by atoms with E-state index in [1.807, 2.05) is 13.0 Å². The molecule has 4 aromatic rings. The van der Waals surface area contributed by atoms with Crippen molar-refractivity contribution in [2.24, 2.45) is 5.73 Å². The van der Waals surface area contributed by atoms with Crippen LogP contribution >= 0.6 is 0 Å². The molecule has 0 unspecified atom stereocenters. The molecule has 182 valence electrons. The lowest BCUT2D eigenvalue weighted by Crippen LogP contribution is -2.26. The molecule has 0 spiro atoms. The fourth-order valence-corrected chi connectivity index (χ4v) is 3.86. The van der Waals surface area contributed by atoms with Crippen LogP contribution < -0.4 is 22.1 Å². The number of anilines is 4. The summed E-state index contributed by atoms with van der Waals surface area (Å²) in [6.45, 7) is 8.84. The second kappa shape index (κ2) is 10.4. The number of aryl methyl sites for hydroxylation is 1. The first kappa shape index (κ1) is 24.0. The van der Waals surface area contributed by atoms with Crippen LogP contribution in [0.1, 0.15) is 35.3 Å².